The standard InChI is InChI=1S/C30H38N4O6/c1-17(2)21-12-11-18(3)13-25(21)39-29(37)22-9-7-8-10-24(22)32-33-26-19(4)23(14-31)27(35)34(28(26)36)15-20-16-38-30(5,6)40-20/h7-10,17-18,20-21,25,35H,11-13,15-16H2,1-6H3. The van der Waals surface area contributed by atoms with Crippen LogP contribution in [-0.2, 0) is 20.8 Å². The summed E-state index contributed by atoms with van der Waals surface area (Å²) in [4.78, 5) is 26.7. The first-order valence-electron chi connectivity index (χ1n) is 13.8. The average molecular weight is 551 g/mol. The van der Waals surface area contributed by atoms with Crippen molar-refractivity contribution in [1.29, 1.82) is 5.26 Å². The molecule has 10 nitrogen and oxygen atoms in total. The van der Waals surface area contributed by atoms with Gasteiger partial charge in [0.05, 0.1) is 18.7 Å². The molecule has 214 valence electrons. The van der Waals surface area contributed by atoms with Gasteiger partial charge in [0.2, 0.25) is 5.88 Å². The highest BCUT2D eigenvalue weighted by Gasteiger charge is 2.35. The summed E-state index contributed by atoms with van der Waals surface area (Å²) in [6, 6.07) is 8.62. The fourth-order valence-corrected chi connectivity index (χ4v) is 5.57. The number of hydrogen-bond acceptors (Lipinski definition) is 9. The lowest BCUT2D eigenvalue weighted by Gasteiger charge is -2.36. The number of carbonyl (C=O) groups excluding carboxylic acids is 1. The van der Waals surface area contributed by atoms with E-state index in [0.717, 1.165) is 23.8 Å². The van der Waals surface area contributed by atoms with Crippen LogP contribution in [0.5, 0.6) is 5.88 Å². The van der Waals surface area contributed by atoms with Crippen molar-refractivity contribution in [2.75, 3.05) is 6.61 Å². The SMILES string of the molecule is Cc1c(C#N)c(O)n(CC2COC(C)(C)O2)c(=O)c1N=Nc1ccccc1C(=O)OC1CC(C)CCC1C(C)C. The second-order valence-corrected chi connectivity index (χ2v) is 11.6. The molecule has 0 spiro atoms. The Bertz CT molecular complexity index is 1390. The van der Waals surface area contributed by atoms with Gasteiger partial charge in [-0.15, -0.1) is 10.2 Å². The van der Waals surface area contributed by atoms with Crippen LogP contribution in [0.25, 0.3) is 0 Å². The van der Waals surface area contributed by atoms with Gasteiger partial charge in [-0.2, -0.15) is 5.26 Å². The molecule has 2 aromatic rings. The maximum atomic E-state index is 13.4. The molecule has 2 aliphatic rings. The first-order valence-corrected chi connectivity index (χ1v) is 13.8. The molecule has 0 radical (unpaired) electrons. The van der Waals surface area contributed by atoms with Gasteiger partial charge in [0.15, 0.2) is 11.5 Å². The molecule has 1 saturated heterocycles. The van der Waals surface area contributed by atoms with Gasteiger partial charge in [-0.25, -0.2) is 4.79 Å². The molecule has 1 aromatic heterocycles. The van der Waals surface area contributed by atoms with E-state index >= 15 is 0 Å². The second kappa shape index (κ2) is 11.9. The first kappa shape index (κ1) is 29.4. The summed E-state index contributed by atoms with van der Waals surface area (Å²) >= 11 is 0. The molecule has 2 fully saturated rings. The molecular weight excluding hydrogens is 512 g/mol. The predicted octanol–water partition coefficient (Wildman–Crippen LogP) is 5.92. The zero-order valence-electron chi connectivity index (χ0n) is 24.0. The van der Waals surface area contributed by atoms with Gasteiger partial charge in [0.25, 0.3) is 5.56 Å². The maximum Gasteiger partial charge on any atom is 0.340 e. The summed E-state index contributed by atoms with van der Waals surface area (Å²) < 4.78 is 18.4. The van der Waals surface area contributed by atoms with Gasteiger partial charge in [0, 0.05) is 5.56 Å². The Kier molecular flexibility index (Phi) is 8.76. The van der Waals surface area contributed by atoms with Crippen molar-refractivity contribution in [2.45, 2.75) is 85.3 Å². The molecule has 0 bridgehead atoms. The fraction of sp³-hybridized carbons (Fsp3) is 0.567. The topological polar surface area (TPSA) is 135 Å². The molecule has 40 heavy (non-hydrogen) atoms. The van der Waals surface area contributed by atoms with Crippen molar-refractivity contribution in [3.63, 3.8) is 0 Å². The van der Waals surface area contributed by atoms with E-state index in [0.29, 0.717) is 11.8 Å². The van der Waals surface area contributed by atoms with Gasteiger partial charge in [-0.05, 0) is 63.5 Å². The van der Waals surface area contributed by atoms with Gasteiger partial charge in [-0.1, -0.05) is 39.3 Å². The zero-order chi connectivity index (χ0) is 29.2. The molecule has 10 heteroatoms. The maximum absolute atomic E-state index is 13.4. The zero-order valence-corrected chi connectivity index (χ0v) is 24.0. The predicted molar refractivity (Wildman–Crippen MR) is 148 cm³/mol. The van der Waals surface area contributed by atoms with Gasteiger partial charge in [0.1, 0.15) is 29.5 Å². The number of nitriles is 1. The van der Waals surface area contributed by atoms with Gasteiger partial charge >= 0.3 is 5.97 Å². The van der Waals surface area contributed by atoms with Crippen molar-refractivity contribution in [1.82, 2.24) is 4.57 Å². The van der Waals surface area contributed by atoms with Crippen molar-refractivity contribution in [3.8, 4) is 11.9 Å². The fourth-order valence-electron chi connectivity index (χ4n) is 5.57. The Morgan fingerprint density at radius 3 is 2.65 bits per heavy atom. The van der Waals surface area contributed by atoms with E-state index in [2.05, 4.69) is 31.0 Å². The Balaban J connectivity index is 1.64. The Labute approximate surface area is 234 Å². The smallest absolute Gasteiger partial charge is 0.340 e. The van der Waals surface area contributed by atoms with Gasteiger partial charge in [-0.3, -0.25) is 9.36 Å². The number of carbonyl (C=O) groups is 1. The van der Waals surface area contributed by atoms with E-state index in [9.17, 15) is 20.0 Å². The first-order chi connectivity index (χ1) is 18.9. The third-order valence-electron chi connectivity index (χ3n) is 7.82. The van der Waals surface area contributed by atoms with E-state index in [-0.39, 0.29) is 53.2 Å². The van der Waals surface area contributed by atoms with Crippen LogP contribution in [0.3, 0.4) is 0 Å². The number of rotatable bonds is 7. The van der Waals surface area contributed by atoms with Crippen molar-refractivity contribution < 1.29 is 24.1 Å². The second-order valence-electron chi connectivity index (χ2n) is 11.6. The Morgan fingerprint density at radius 2 is 2.00 bits per heavy atom. The Hall–Kier alpha value is -3.55. The molecular formula is C30H38N4O6. The van der Waals surface area contributed by atoms with Crippen LogP contribution in [0.4, 0.5) is 11.4 Å². The number of benzene rings is 1. The normalized spacial score (nSPS) is 24.4. The quantitative estimate of drug-likeness (QED) is 0.334. The molecule has 4 rings (SSSR count). The summed E-state index contributed by atoms with van der Waals surface area (Å²) in [5, 5.41) is 28.8. The Morgan fingerprint density at radius 1 is 1.27 bits per heavy atom. The van der Waals surface area contributed by atoms with Crippen LogP contribution in [0.1, 0.15) is 75.4 Å². The largest absolute Gasteiger partial charge is 0.493 e. The highest BCUT2D eigenvalue weighted by Crippen LogP contribution is 2.36. The third-order valence-corrected chi connectivity index (χ3v) is 7.82. The number of aromatic nitrogens is 1. The molecule has 1 aliphatic heterocycles. The minimum absolute atomic E-state index is 0.0364. The minimum atomic E-state index is -0.821. The highest BCUT2D eigenvalue weighted by molar-refractivity contribution is 5.94. The average Bonchev–Trinajstić information content (AvgIpc) is 3.25. The van der Waals surface area contributed by atoms with Crippen LogP contribution >= 0.6 is 0 Å². The number of aromatic hydroxyl groups is 1. The summed E-state index contributed by atoms with van der Waals surface area (Å²) in [6.07, 6.45) is 2.26. The van der Waals surface area contributed by atoms with Crippen LogP contribution < -0.4 is 5.56 Å². The molecule has 4 unspecified atom stereocenters. The summed E-state index contributed by atoms with van der Waals surface area (Å²) in [5.41, 5.74) is -0.180. The van der Waals surface area contributed by atoms with E-state index in [1.165, 1.54) is 6.92 Å². The molecule has 4 atom stereocenters. The highest BCUT2D eigenvalue weighted by atomic mass is 16.7. The number of hydrogen-bond donors (Lipinski definition) is 1. The molecule has 1 saturated carbocycles. The van der Waals surface area contributed by atoms with Crippen molar-refractivity contribution in [2.24, 2.45) is 28.0 Å². The number of nitrogens with zero attached hydrogens (tertiary/aromatic N) is 4. The molecule has 1 aliphatic carbocycles. The van der Waals surface area contributed by atoms with Crippen LogP contribution in [-0.4, -0.2) is 40.2 Å². The molecule has 1 N–H and O–H groups in total. The van der Waals surface area contributed by atoms with Crippen molar-refractivity contribution >= 4 is 17.3 Å². The number of azo groups is 1. The lowest BCUT2D eigenvalue weighted by Crippen LogP contribution is -2.35. The van der Waals surface area contributed by atoms with E-state index in [4.69, 9.17) is 14.2 Å². The number of pyridine rings is 1. The number of esters is 1. The molecule has 0 amide bonds. The van der Waals surface area contributed by atoms with E-state index in [1.807, 2.05) is 6.07 Å². The van der Waals surface area contributed by atoms with E-state index in [1.54, 1.807) is 38.1 Å². The minimum Gasteiger partial charge on any atom is -0.493 e. The summed E-state index contributed by atoms with van der Waals surface area (Å²) in [6.45, 7) is 11.7. The summed E-state index contributed by atoms with van der Waals surface area (Å²) in [5.74, 6) is -0.625. The van der Waals surface area contributed by atoms with Crippen LogP contribution in [0, 0.1) is 36.0 Å². The van der Waals surface area contributed by atoms with E-state index < -0.39 is 29.3 Å². The monoisotopic (exact) mass is 550 g/mol. The van der Waals surface area contributed by atoms with Crippen LogP contribution in [0.15, 0.2) is 39.3 Å². The van der Waals surface area contributed by atoms with Crippen molar-refractivity contribution in [3.05, 3.63) is 51.3 Å². The third kappa shape index (κ3) is 6.26. The lowest BCUT2D eigenvalue weighted by atomic mass is 9.75. The van der Waals surface area contributed by atoms with Gasteiger partial charge < -0.3 is 19.3 Å². The molecule has 2 heterocycles. The molecule has 1 aromatic carbocycles. The summed E-state index contributed by atoms with van der Waals surface area (Å²) in [7, 11) is 0. The van der Waals surface area contributed by atoms with Crippen LogP contribution in [0.2, 0.25) is 0 Å². The lowest BCUT2D eigenvalue weighted by molar-refractivity contribution is -0.139. The number of ether oxygens (including phenoxy) is 3.